The summed E-state index contributed by atoms with van der Waals surface area (Å²) in [6, 6.07) is 14.6. The summed E-state index contributed by atoms with van der Waals surface area (Å²) in [5.41, 5.74) is 3.63. The maximum absolute atomic E-state index is 6.16. The number of aryl methyl sites for hydroxylation is 1. The number of fused-ring (bicyclic) bond motifs is 1. The minimum absolute atomic E-state index is 0.0429. The second-order valence-corrected chi connectivity index (χ2v) is 5.72. The number of benzene rings is 2. The molecule has 3 rings (SSSR count). The van der Waals surface area contributed by atoms with Crippen molar-refractivity contribution in [3.05, 3.63) is 64.2 Å². The molecule has 0 radical (unpaired) electrons. The molecule has 3 heteroatoms. The van der Waals surface area contributed by atoms with E-state index in [1.807, 2.05) is 25.2 Å². The summed E-state index contributed by atoms with van der Waals surface area (Å²) < 4.78 is 6.16. The molecule has 0 fully saturated rings. The third-order valence-electron chi connectivity index (χ3n) is 3.83. The first kappa shape index (κ1) is 13.5. The summed E-state index contributed by atoms with van der Waals surface area (Å²) in [4.78, 5) is 0. The smallest absolute Gasteiger partial charge is 0.126 e. The first-order valence-electron chi connectivity index (χ1n) is 6.87. The molecule has 2 unspecified atom stereocenters. The topological polar surface area (TPSA) is 21.3 Å². The molecule has 2 nitrogen and oxygen atoms in total. The molecular weight excluding hydrogens is 270 g/mol. The molecule has 104 valence electrons. The van der Waals surface area contributed by atoms with Crippen molar-refractivity contribution in [1.82, 2.24) is 5.32 Å². The summed E-state index contributed by atoms with van der Waals surface area (Å²) in [6.45, 7) is 2.11. The second-order valence-electron chi connectivity index (χ2n) is 5.28. The lowest BCUT2D eigenvalue weighted by atomic mass is 9.92. The Bertz CT molecular complexity index is 626. The van der Waals surface area contributed by atoms with Gasteiger partial charge in [0, 0.05) is 23.0 Å². The van der Waals surface area contributed by atoms with Crippen LogP contribution >= 0.6 is 11.6 Å². The summed E-state index contributed by atoms with van der Waals surface area (Å²) >= 11 is 6.08. The van der Waals surface area contributed by atoms with Crippen LogP contribution in [0.3, 0.4) is 0 Å². The van der Waals surface area contributed by atoms with Crippen molar-refractivity contribution in [2.75, 3.05) is 7.05 Å². The SMILES string of the molecule is CNC1CC(c2cccc(Cl)c2)Oc2ccc(C)cc21. The highest BCUT2D eigenvalue weighted by molar-refractivity contribution is 6.30. The minimum Gasteiger partial charge on any atom is -0.485 e. The molecule has 1 aliphatic heterocycles. The van der Waals surface area contributed by atoms with Crippen molar-refractivity contribution in [2.24, 2.45) is 0 Å². The lowest BCUT2D eigenvalue weighted by Gasteiger charge is -2.32. The summed E-state index contributed by atoms with van der Waals surface area (Å²) in [5, 5.41) is 4.14. The highest BCUT2D eigenvalue weighted by atomic mass is 35.5. The highest BCUT2D eigenvalue weighted by Crippen LogP contribution is 2.41. The third-order valence-corrected chi connectivity index (χ3v) is 4.06. The fourth-order valence-electron chi connectivity index (χ4n) is 2.77. The predicted octanol–water partition coefficient (Wildman–Crippen LogP) is 4.43. The van der Waals surface area contributed by atoms with Gasteiger partial charge in [0.1, 0.15) is 11.9 Å². The van der Waals surface area contributed by atoms with Gasteiger partial charge in [-0.3, -0.25) is 0 Å². The molecular formula is C17H18ClNO. The Hall–Kier alpha value is -1.51. The molecule has 0 saturated carbocycles. The van der Waals surface area contributed by atoms with E-state index in [1.54, 1.807) is 0 Å². The van der Waals surface area contributed by atoms with E-state index < -0.39 is 0 Å². The number of rotatable bonds is 2. The van der Waals surface area contributed by atoms with Crippen LogP contribution in [-0.4, -0.2) is 7.05 Å². The molecule has 1 N–H and O–H groups in total. The Morgan fingerprint density at radius 1 is 1.20 bits per heavy atom. The van der Waals surface area contributed by atoms with Crippen molar-refractivity contribution in [3.8, 4) is 5.75 Å². The fourth-order valence-corrected chi connectivity index (χ4v) is 2.97. The Morgan fingerprint density at radius 2 is 2.05 bits per heavy atom. The number of hydrogen-bond donors (Lipinski definition) is 1. The number of nitrogens with one attached hydrogen (secondary N) is 1. The fraction of sp³-hybridized carbons (Fsp3) is 0.294. The van der Waals surface area contributed by atoms with Crippen molar-refractivity contribution >= 4 is 11.6 Å². The first-order chi connectivity index (χ1) is 9.67. The van der Waals surface area contributed by atoms with Crippen molar-refractivity contribution < 1.29 is 4.74 Å². The minimum atomic E-state index is 0.0429. The van der Waals surface area contributed by atoms with Crippen LogP contribution in [-0.2, 0) is 0 Å². The normalized spacial score (nSPS) is 21.1. The molecule has 2 atom stereocenters. The van der Waals surface area contributed by atoms with Crippen LogP contribution in [0.25, 0.3) is 0 Å². The van der Waals surface area contributed by atoms with Gasteiger partial charge in [-0.1, -0.05) is 41.4 Å². The Morgan fingerprint density at radius 3 is 2.80 bits per heavy atom. The van der Waals surface area contributed by atoms with Crippen LogP contribution in [0.15, 0.2) is 42.5 Å². The standard InChI is InChI=1S/C17H18ClNO/c1-11-6-7-16-14(8-11)15(19-2)10-17(20-16)12-4-3-5-13(18)9-12/h3-9,15,17,19H,10H2,1-2H3. The van der Waals surface area contributed by atoms with Crippen molar-refractivity contribution in [1.29, 1.82) is 0 Å². The van der Waals surface area contributed by atoms with E-state index in [-0.39, 0.29) is 6.10 Å². The lowest BCUT2D eigenvalue weighted by Crippen LogP contribution is -2.26. The zero-order valence-corrected chi connectivity index (χ0v) is 12.4. The van der Waals surface area contributed by atoms with E-state index in [9.17, 15) is 0 Å². The largest absolute Gasteiger partial charge is 0.485 e. The number of halogens is 1. The quantitative estimate of drug-likeness (QED) is 0.882. The average Bonchev–Trinajstić information content (AvgIpc) is 2.46. The third kappa shape index (κ3) is 2.54. The van der Waals surface area contributed by atoms with Gasteiger partial charge in [-0.05, 0) is 37.7 Å². The van der Waals surface area contributed by atoms with E-state index >= 15 is 0 Å². The van der Waals surface area contributed by atoms with Crippen molar-refractivity contribution in [2.45, 2.75) is 25.5 Å². The summed E-state index contributed by atoms with van der Waals surface area (Å²) in [5.74, 6) is 0.964. The second kappa shape index (κ2) is 5.47. The van der Waals surface area contributed by atoms with E-state index in [1.165, 1.54) is 11.1 Å². The van der Waals surface area contributed by atoms with Gasteiger partial charge < -0.3 is 10.1 Å². The molecule has 1 aliphatic rings. The Kier molecular flexibility index (Phi) is 3.68. The molecule has 20 heavy (non-hydrogen) atoms. The summed E-state index contributed by atoms with van der Waals surface area (Å²) in [7, 11) is 2.00. The van der Waals surface area contributed by atoms with Crippen LogP contribution in [0.2, 0.25) is 5.02 Å². The zero-order valence-electron chi connectivity index (χ0n) is 11.7. The molecule has 0 aliphatic carbocycles. The average molecular weight is 288 g/mol. The van der Waals surface area contributed by atoms with Gasteiger partial charge in [-0.15, -0.1) is 0 Å². The van der Waals surface area contributed by atoms with E-state index in [4.69, 9.17) is 16.3 Å². The molecule has 1 heterocycles. The zero-order chi connectivity index (χ0) is 14.1. The van der Waals surface area contributed by atoms with Gasteiger partial charge in [0.2, 0.25) is 0 Å². The first-order valence-corrected chi connectivity index (χ1v) is 7.25. The van der Waals surface area contributed by atoms with Crippen LogP contribution in [0.4, 0.5) is 0 Å². The van der Waals surface area contributed by atoms with Crippen LogP contribution in [0, 0.1) is 6.92 Å². The van der Waals surface area contributed by atoms with E-state index in [0.29, 0.717) is 6.04 Å². The molecule has 0 amide bonds. The Balaban J connectivity index is 1.96. The maximum atomic E-state index is 6.16. The number of hydrogen-bond acceptors (Lipinski definition) is 2. The molecule has 2 aromatic rings. The summed E-state index contributed by atoms with van der Waals surface area (Å²) in [6.07, 6.45) is 0.953. The predicted molar refractivity (Wildman–Crippen MR) is 82.4 cm³/mol. The van der Waals surface area contributed by atoms with Crippen LogP contribution in [0.1, 0.15) is 35.3 Å². The number of ether oxygens (including phenoxy) is 1. The van der Waals surface area contributed by atoms with Crippen LogP contribution in [0.5, 0.6) is 5.75 Å². The van der Waals surface area contributed by atoms with Crippen molar-refractivity contribution in [3.63, 3.8) is 0 Å². The monoisotopic (exact) mass is 287 g/mol. The van der Waals surface area contributed by atoms with Gasteiger partial charge >= 0.3 is 0 Å². The molecule has 0 spiro atoms. The highest BCUT2D eigenvalue weighted by Gasteiger charge is 2.28. The van der Waals surface area contributed by atoms with Gasteiger partial charge in [0.05, 0.1) is 0 Å². The molecule has 0 aromatic heterocycles. The lowest BCUT2D eigenvalue weighted by molar-refractivity contribution is 0.154. The molecule has 0 bridgehead atoms. The van der Waals surface area contributed by atoms with Gasteiger partial charge in [-0.25, -0.2) is 0 Å². The maximum Gasteiger partial charge on any atom is 0.126 e. The molecule has 0 saturated heterocycles. The van der Waals surface area contributed by atoms with Crippen LogP contribution < -0.4 is 10.1 Å². The van der Waals surface area contributed by atoms with E-state index in [0.717, 1.165) is 22.8 Å². The van der Waals surface area contributed by atoms with Gasteiger partial charge in [0.25, 0.3) is 0 Å². The van der Waals surface area contributed by atoms with Gasteiger partial charge in [-0.2, -0.15) is 0 Å². The van der Waals surface area contributed by atoms with E-state index in [2.05, 4.69) is 36.5 Å². The molecule has 2 aromatic carbocycles. The Labute approximate surface area is 124 Å². The van der Waals surface area contributed by atoms with Gasteiger partial charge in [0.15, 0.2) is 0 Å².